The lowest BCUT2D eigenvalue weighted by atomic mass is 9.57. The third-order valence-corrected chi connectivity index (χ3v) is 12.7. The van der Waals surface area contributed by atoms with Crippen molar-refractivity contribution >= 4 is 61.6 Å². The average molecular weight is 894 g/mol. The van der Waals surface area contributed by atoms with Crippen LogP contribution >= 0.6 is 12.0 Å². The highest BCUT2D eigenvalue weighted by Gasteiger charge is 2.48. The molecule has 65 heavy (non-hydrogen) atoms. The Kier molecular flexibility index (Phi) is 14.1. The summed E-state index contributed by atoms with van der Waals surface area (Å²) in [4.78, 5) is 19.0. The number of aromatic nitrogens is 4. The molecule has 334 valence electrons. The van der Waals surface area contributed by atoms with Gasteiger partial charge in [-0.25, -0.2) is 4.79 Å². The first kappa shape index (κ1) is 47.8. The van der Waals surface area contributed by atoms with Crippen LogP contribution in [-0.4, -0.2) is 48.7 Å². The number of hydrogen-bond donors (Lipinski definition) is 3. The molecule has 7 rings (SSSR count). The minimum atomic E-state index is -0.544. The predicted molar refractivity (Wildman–Crippen MR) is 245 cm³/mol. The molecule has 6 aromatic rings. The van der Waals surface area contributed by atoms with E-state index in [4.69, 9.17) is 19.3 Å². The summed E-state index contributed by atoms with van der Waals surface area (Å²) in [6.45, 7) is 21.7. The number of aromatic hydroxyl groups is 2. The first-order valence-corrected chi connectivity index (χ1v) is 21.9. The Morgan fingerprint density at radius 2 is 1.23 bits per heavy atom. The molecule has 2 heterocycles. The van der Waals surface area contributed by atoms with Crippen LogP contribution in [0.25, 0.3) is 43.6 Å². The van der Waals surface area contributed by atoms with E-state index in [9.17, 15) is 30.8 Å². The van der Waals surface area contributed by atoms with Crippen molar-refractivity contribution < 1.29 is 29.1 Å². The van der Waals surface area contributed by atoms with E-state index in [0.29, 0.717) is 54.8 Å². The Bertz CT molecular complexity index is 2990. The number of nitrogens with one attached hydrogen (secondary N) is 1. The number of ether oxygens (including phenoxy) is 1. The van der Waals surface area contributed by atoms with Crippen LogP contribution < -0.4 is 5.48 Å². The largest absolute Gasteiger partial charge is 0.508 e. The van der Waals surface area contributed by atoms with Gasteiger partial charge in [0.05, 0.1) is 61.3 Å². The van der Waals surface area contributed by atoms with Crippen LogP contribution in [0.1, 0.15) is 115 Å². The molecule has 16 heteroatoms. The number of fused-ring (bicyclic) bond motifs is 6. The maximum absolute atomic E-state index is 13.9. The zero-order valence-electron chi connectivity index (χ0n) is 38.0. The van der Waals surface area contributed by atoms with Crippen molar-refractivity contribution in [1.82, 2.24) is 25.9 Å². The second-order valence-corrected chi connectivity index (χ2v) is 19.9. The van der Waals surface area contributed by atoms with Crippen molar-refractivity contribution in [3.8, 4) is 35.8 Å². The molecule has 0 radical (unpaired) electrons. The highest BCUT2D eigenvalue weighted by atomic mass is 32.2. The first-order valence-electron chi connectivity index (χ1n) is 21.2. The molecule has 0 aliphatic heterocycles. The molecular formula is C49H51N9O6S. The number of benzene rings is 4. The van der Waals surface area contributed by atoms with E-state index in [1.165, 1.54) is 30.3 Å². The molecule has 15 nitrogen and oxygen atoms in total. The highest BCUT2D eigenvalue weighted by molar-refractivity contribution is 7.94. The third-order valence-electron chi connectivity index (χ3n) is 12.0. The molecule has 3 N–H and O–H groups in total. The minimum absolute atomic E-state index is 0.0344. The number of carbonyl (C=O) groups excluding carboxylic acids is 1. The van der Waals surface area contributed by atoms with Crippen molar-refractivity contribution in [2.75, 3.05) is 0 Å². The zero-order chi connectivity index (χ0) is 47.5. The van der Waals surface area contributed by atoms with Gasteiger partial charge in [0.2, 0.25) is 0 Å². The van der Waals surface area contributed by atoms with E-state index in [-0.39, 0.29) is 79.6 Å². The summed E-state index contributed by atoms with van der Waals surface area (Å²) in [5.41, 5.74) is 5.33. The first-order chi connectivity index (χ1) is 30.7. The molecule has 1 saturated carbocycles. The van der Waals surface area contributed by atoms with Gasteiger partial charge in [-0.3, -0.25) is 0 Å². The van der Waals surface area contributed by atoms with Gasteiger partial charge in [-0.15, -0.1) is 29.7 Å². The fraction of sp³-hybridized carbons (Fsp3) is 0.408. The lowest BCUT2D eigenvalue weighted by Crippen LogP contribution is -2.49. The lowest BCUT2D eigenvalue weighted by molar-refractivity contribution is -0.251. The predicted octanol–water partition coefficient (Wildman–Crippen LogP) is 10.2. The van der Waals surface area contributed by atoms with Crippen molar-refractivity contribution in [3.05, 3.63) is 76.3 Å². The number of phenolic OH excluding ortho intramolecular Hbond substituents is 2. The third kappa shape index (κ3) is 10.3. The number of rotatable bonds is 8. The summed E-state index contributed by atoms with van der Waals surface area (Å²) < 4.78 is 11.3. The maximum atomic E-state index is 13.9. The molecule has 4 unspecified atom stereocenters. The molecule has 2 aromatic heterocycles. The fourth-order valence-corrected chi connectivity index (χ4v) is 8.85. The zero-order valence-corrected chi connectivity index (χ0v) is 38.8. The summed E-state index contributed by atoms with van der Waals surface area (Å²) in [5, 5.41) is 77.1. The molecule has 4 aromatic carbocycles. The molecule has 4 atom stereocenters. The van der Waals surface area contributed by atoms with Gasteiger partial charge in [-0.2, -0.15) is 26.5 Å². The van der Waals surface area contributed by atoms with Crippen LogP contribution in [0.3, 0.4) is 0 Å². The molecule has 1 fully saturated rings. The summed E-state index contributed by atoms with van der Waals surface area (Å²) in [6, 6.07) is 20.2. The number of hydroxylamine groups is 1. The van der Waals surface area contributed by atoms with Gasteiger partial charge in [0.1, 0.15) is 47.4 Å². The topological polar surface area (TPSA) is 244 Å². The average Bonchev–Trinajstić information content (AvgIpc) is 3.25. The van der Waals surface area contributed by atoms with E-state index >= 15 is 0 Å². The molecule has 1 aliphatic rings. The molecule has 0 spiro atoms. The number of esters is 1. The van der Waals surface area contributed by atoms with Gasteiger partial charge in [0.25, 0.3) is 0 Å². The molecule has 1 aliphatic carbocycles. The molecular weight excluding hydrogens is 843 g/mol. The summed E-state index contributed by atoms with van der Waals surface area (Å²) in [7, 11) is 0. The van der Waals surface area contributed by atoms with Gasteiger partial charge in [-0.1, -0.05) is 55.4 Å². The molecule has 0 amide bonds. The minimum Gasteiger partial charge on any atom is -0.508 e. The van der Waals surface area contributed by atoms with Crippen molar-refractivity contribution in [1.29, 1.82) is 21.0 Å². The Balaban J connectivity index is 0.000000233. The number of nitrogens with zero attached hydrogens (tertiary/aromatic N) is 8. The van der Waals surface area contributed by atoms with E-state index in [2.05, 4.69) is 81.3 Å². The highest BCUT2D eigenvalue weighted by Crippen LogP contribution is 2.51. The summed E-state index contributed by atoms with van der Waals surface area (Å²) in [6.07, 6.45) is 1.66. The quantitative estimate of drug-likeness (QED) is 0.0321. The van der Waals surface area contributed by atoms with Crippen molar-refractivity contribution in [2.24, 2.45) is 34.5 Å². The molecule has 0 saturated heterocycles. The lowest BCUT2D eigenvalue weighted by Gasteiger charge is -2.51. The van der Waals surface area contributed by atoms with Crippen molar-refractivity contribution in [3.63, 3.8) is 0 Å². The van der Waals surface area contributed by atoms with E-state index < -0.39 is 5.97 Å². The van der Waals surface area contributed by atoms with E-state index in [1.54, 1.807) is 18.2 Å². The standard InChI is InChI=1S/C32H38N4O3.C17H13N5O3S/c1-17(2)22-11-20(31(3,4)5)12-26(32(6,7)8)29(22)39-30(38)25-14-21(37)13-24-23-9-18(15-33)19(16-34)10-27(23)35-36-28(24)25;1-9(2)22-24-25-26-17-6-15-13(5-16(17)23)12-3-10(7-18)11(8-19)4-14(12)20-21-15/h9-10,13-14,17,20,22,26,29,37H,11-12H2,1-8H3;3-6,9,22-23H,1-2H3. The van der Waals surface area contributed by atoms with Crippen LogP contribution in [0.2, 0.25) is 0 Å². The summed E-state index contributed by atoms with van der Waals surface area (Å²) >= 11 is 0.825. The second kappa shape index (κ2) is 19.2. The van der Waals surface area contributed by atoms with Gasteiger partial charge < -0.3 is 14.9 Å². The number of nitriles is 4. The Morgan fingerprint density at radius 1 is 0.708 bits per heavy atom. The van der Waals surface area contributed by atoms with E-state index in [0.717, 1.165) is 24.9 Å². The SMILES string of the molecule is CC(C)C1CC(C(C)(C)C)CC(C(C)(C)C)C1OC(=O)c1cc(O)cc2c1nnc1cc(C#N)c(C#N)cc12.CC(C)NOOSc1cc2nnc3cc(C#N)c(C#N)cc3c2cc1O. The van der Waals surface area contributed by atoms with Crippen LogP contribution in [0.15, 0.2) is 53.4 Å². The van der Waals surface area contributed by atoms with Gasteiger partial charge in [0, 0.05) is 33.5 Å². The van der Waals surface area contributed by atoms with Gasteiger partial charge in [0.15, 0.2) is 0 Å². The Hall–Kier alpha value is -6.66. The Morgan fingerprint density at radius 3 is 1.75 bits per heavy atom. The summed E-state index contributed by atoms with van der Waals surface area (Å²) in [5.74, 6) is 0.484. The fourth-order valence-electron chi connectivity index (χ4n) is 8.39. The molecule has 0 bridgehead atoms. The maximum Gasteiger partial charge on any atom is 0.340 e. The number of phenols is 2. The smallest absolute Gasteiger partial charge is 0.340 e. The van der Waals surface area contributed by atoms with Crippen LogP contribution in [0.4, 0.5) is 0 Å². The monoisotopic (exact) mass is 893 g/mol. The van der Waals surface area contributed by atoms with Gasteiger partial charge >= 0.3 is 5.97 Å². The van der Waals surface area contributed by atoms with Crippen LogP contribution in [0, 0.1) is 79.8 Å². The van der Waals surface area contributed by atoms with Gasteiger partial charge in [-0.05, 0) is 104 Å². The number of carbonyl (C=O) groups is 1. The Labute approximate surface area is 382 Å². The van der Waals surface area contributed by atoms with E-state index in [1.807, 2.05) is 38.1 Å². The number of hydrogen-bond acceptors (Lipinski definition) is 16. The van der Waals surface area contributed by atoms with Crippen molar-refractivity contribution in [2.45, 2.75) is 99.1 Å². The van der Waals surface area contributed by atoms with Crippen LogP contribution in [-0.2, 0) is 14.1 Å². The second-order valence-electron chi connectivity index (χ2n) is 19.2. The van der Waals surface area contributed by atoms with Crippen LogP contribution in [0.5, 0.6) is 11.5 Å². The normalized spacial score (nSPS) is 17.6.